The summed E-state index contributed by atoms with van der Waals surface area (Å²) >= 11 is 3.30. The van der Waals surface area contributed by atoms with Gasteiger partial charge in [-0.05, 0) is 24.8 Å². The minimum atomic E-state index is -0.693. The first kappa shape index (κ1) is 10.8. The zero-order valence-electron chi connectivity index (χ0n) is 8.22. The average molecular weight is 247 g/mol. The van der Waals surface area contributed by atoms with Gasteiger partial charge in [-0.25, -0.2) is 0 Å². The number of allylic oxidation sites excluding steroid dienone is 1. The number of rotatable bonds is 1. The Morgan fingerprint density at radius 3 is 2.31 bits per heavy atom. The van der Waals surface area contributed by atoms with Gasteiger partial charge in [0.2, 0.25) is 0 Å². The van der Waals surface area contributed by atoms with E-state index in [0.29, 0.717) is 0 Å². The molecule has 0 aromatic carbocycles. The van der Waals surface area contributed by atoms with E-state index < -0.39 is 11.4 Å². The summed E-state index contributed by atoms with van der Waals surface area (Å²) in [5.74, 6) is -0.693. The summed E-state index contributed by atoms with van der Waals surface area (Å²) in [7, 11) is 0. The lowest BCUT2D eigenvalue weighted by Crippen LogP contribution is -2.38. The third-order valence-corrected chi connectivity index (χ3v) is 4.23. The van der Waals surface area contributed by atoms with Crippen LogP contribution in [-0.4, -0.2) is 11.1 Å². The van der Waals surface area contributed by atoms with Crippen LogP contribution in [0.5, 0.6) is 0 Å². The third-order valence-electron chi connectivity index (χ3n) is 3.68. The highest BCUT2D eigenvalue weighted by atomic mass is 79.9. The van der Waals surface area contributed by atoms with Crippen LogP contribution in [0, 0.1) is 10.8 Å². The largest absolute Gasteiger partial charge is 0.481 e. The van der Waals surface area contributed by atoms with E-state index in [1.54, 1.807) is 0 Å². The summed E-state index contributed by atoms with van der Waals surface area (Å²) < 4.78 is 0. The van der Waals surface area contributed by atoms with Gasteiger partial charge in [-0.3, -0.25) is 4.79 Å². The van der Waals surface area contributed by atoms with Gasteiger partial charge in [0.25, 0.3) is 0 Å². The number of aliphatic carboxylic acids is 1. The monoisotopic (exact) mass is 246 g/mol. The van der Waals surface area contributed by atoms with Crippen LogP contribution in [-0.2, 0) is 4.79 Å². The molecule has 3 heteroatoms. The molecular weight excluding hydrogens is 232 g/mol. The van der Waals surface area contributed by atoms with Crippen molar-refractivity contribution in [1.29, 1.82) is 0 Å². The van der Waals surface area contributed by atoms with Crippen molar-refractivity contribution < 1.29 is 9.90 Å². The van der Waals surface area contributed by atoms with Gasteiger partial charge >= 0.3 is 5.97 Å². The molecule has 0 saturated heterocycles. The van der Waals surface area contributed by atoms with E-state index in [0.717, 1.165) is 12.8 Å². The Bertz CT molecular complexity index is 268. The van der Waals surface area contributed by atoms with Crippen LogP contribution in [0.1, 0.15) is 33.6 Å². The molecule has 1 rings (SSSR count). The lowest BCUT2D eigenvalue weighted by molar-refractivity contribution is -0.152. The Hall–Kier alpha value is -0.310. The molecular formula is C10H15BrO2. The SMILES string of the molecule is CC1(C)/C(=C/Br)CC[C@]1(C)C(=O)O. The average Bonchev–Trinajstić information content (AvgIpc) is 2.25. The van der Waals surface area contributed by atoms with Crippen LogP contribution >= 0.6 is 15.9 Å². The van der Waals surface area contributed by atoms with Crippen molar-refractivity contribution in [3.8, 4) is 0 Å². The van der Waals surface area contributed by atoms with E-state index >= 15 is 0 Å². The van der Waals surface area contributed by atoms with Crippen molar-refractivity contribution in [2.45, 2.75) is 33.6 Å². The van der Waals surface area contributed by atoms with Gasteiger partial charge in [-0.15, -0.1) is 0 Å². The highest BCUT2D eigenvalue weighted by Crippen LogP contribution is 2.55. The van der Waals surface area contributed by atoms with Gasteiger partial charge in [0.1, 0.15) is 0 Å². The zero-order valence-corrected chi connectivity index (χ0v) is 9.81. The summed E-state index contributed by atoms with van der Waals surface area (Å²) in [4.78, 5) is 13.0. The van der Waals surface area contributed by atoms with Crippen molar-refractivity contribution in [3.63, 3.8) is 0 Å². The fraction of sp³-hybridized carbons (Fsp3) is 0.700. The zero-order chi connectivity index (χ0) is 10.3. The topological polar surface area (TPSA) is 37.3 Å². The van der Waals surface area contributed by atoms with E-state index in [4.69, 9.17) is 0 Å². The van der Waals surface area contributed by atoms with Crippen LogP contribution in [0.15, 0.2) is 10.6 Å². The molecule has 1 aliphatic rings. The van der Waals surface area contributed by atoms with Gasteiger partial charge in [-0.1, -0.05) is 35.4 Å². The highest BCUT2D eigenvalue weighted by Gasteiger charge is 2.53. The Balaban J connectivity index is 3.14. The van der Waals surface area contributed by atoms with E-state index in [1.165, 1.54) is 5.57 Å². The molecule has 1 fully saturated rings. The van der Waals surface area contributed by atoms with Crippen LogP contribution in [0.25, 0.3) is 0 Å². The van der Waals surface area contributed by atoms with Crippen LogP contribution < -0.4 is 0 Å². The molecule has 2 nitrogen and oxygen atoms in total. The Morgan fingerprint density at radius 2 is 2.08 bits per heavy atom. The molecule has 0 aliphatic heterocycles. The van der Waals surface area contributed by atoms with E-state index in [2.05, 4.69) is 15.9 Å². The molecule has 0 radical (unpaired) electrons. The number of carboxylic acids is 1. The third kappa shape index (κ3) is 1.33. The fourth-order valence-electron chi connectivity index (χ4n) is 1.93. The van der Waals surface area contributed by atoms with Crippen molar-refractivity contribution in [3.05, 3.63) is 10.6 Å². The minimum absolute atomic E-state index is 0.248. The van der Waals surface area contributed by atoms with Gasteiger partial charge in [0.05, 0.1) is 5.41 Å². The molecule has 0 bridgehead atoms. The van der Waals surface area contributed by atoms with Crippen LogP contribution in [0.2, 0.25) is 0 Å². The van der Waals surface area contributed by atoms with E-state index in [9.17, 15) is 9.90 Å². The van der Waals surface area contributed by atoms with Crippen molar-refractivity contribution >= 4 is 21.9 Å². The molecule has 1 aliphatic carbocycles. The predicted octanol–water partition coefficient (Wildman–Crippen LogP) is 3.18. The number of carboxylic acid groups (broad SMARTS) is 1. The van der Waals surface area contributed by atoms with Gasteiger partial charge in [-0.2, -0.15) is 0 Å². The summed E-state index contributed by atoms with van der Waals surface area (Å²) in [6.07, 6.45) is 1.60. The van der Waals surface area contributed by atoms with Gasteiger partial charge in [0, 0.05) is 5.41 Å². The Kier molecular flexibility index (Phi) is 2.59. The number of hydrogen-bond acceptors (Lipinski definition) is 1. The molecule has 0 unspecified atom stereocenters. The van der Waals surface area contributed by atoms with Gasteiger partial charge in [0.15, 0.2) is 0 Å². The smallest absolute Gasteiger partial charge is 0.310 e. The maximum Gasteiger partial charge on any atom is 0.310 e. The quantitative estimate of drug-likeness (QED) is 0.772. The number of carbonyl (C=O) groups is 1. The maximum absolute atomic E-state index is 11.2. The molecule has 74 valence electrons. The second kappa shape index (κ2) is 3.12. The van der Waals surface area contributed by atoms with Gasteiger partial charge < -0.3 is 5.11 Å². The molecule has 0 heterocycles. The first-order valence-corrected chi connectivity index (χ1v) is 5.31. The summed E-state index contributed by atoms with van der Waals surface area (Å²) in [5, 5.41) is 9.18. The lowest BCUT2D eigenvalue weighted by atomic mass is 9.68. The second-order valence-electron chi connectivity index (χ2n) is 4.40. The molecule has 1 atom stereocenters. The lowest BCUT2D eigenvalue weighted by Gasteiger charge is -2.35. The highest BCUT2D eigenvalue weighted by molar-refractivity contribution is 9.11. The Morgan fingerprint density at radius 1 is 1.54 bits per heavy atom. The minimum Gasteiger partial charge on any atom is -0.481 e. The molecule has 0 aromatic heterocycles. The number of halogens is 1. The standard InChI is InChI=1S/C10H15BrO2/c1-9(2)7(6-11)4-5-10(9,3)8(12)13/h6H,4-5H2,1-3H3,(H,12,13)/b7-6+/t10-/m1/s1. The molecule has 13 heavy (non-hydrogen) atoms. The molecule has 1 N–H and O–H groups in total. The molecule has 0 spiro atoms. The van der Waals surface area contributed by atoms with E-state index in [-0.39, 0.29) is 5.41 Å². The van der Waals surface area contributed by atoms with Crippen molar-refractivity contribution in [2.24, 2.45) is 10.8 Å². The predicted molar refractivity (Wildman–Crippen MR) is 55.8 cm³/mol. The first-order chi connectivity index (χ1) is 5.86. The molecule has 0 amide bonds. The Labute approximate surface area is 87.2 Å². The first-order valence-electron chi connectivity index (χ1n) is 4.39. The second-order valence-corrected chi connectivity index (χ2v) is 4.85. The van der Waals surface area contributed by atoms with Crippen molar-refractivity contribution in [2.75, 3.05) is 0 Å². The van der Waals surface area contributed by atoms with Crippen LogP contribution in [0.3, 0.4) is 0 Å². The molecule has 0 aromatic rings. The van der Waals surface area contributed by atoms with E-state index in [1.807, 2.05) is 25.8 Å². The maximum atomic E-state index is 11.2. The molecule has 1 saturated carbocycles. The summed E-state index contributed by atoms with van der Waals surface area (Å²) in [6.45, 7) is 5.83. The van der Waals surface area contributed by atoms with Crippen molar-refractivity contribution in [1.82, 2.24) is 0 Å². The van der Waals surface area contributed by atoms with Crippen LogP contribution in [0.4, 0.5) is 0 Å². The normalized spacial score (nSPS) is 35.2. The summed E-state index contributed by atoms with van der Waals surface area (Å²) in [5.41, 5.74) is 0.326. The fourth-order valence-corrected chi connectivity index (χ4v) is 2.73. The number of hydrogen-bond donors (Lipinski definition) is 1. The summed E-state index contributed by atoms with van der Waals surface area (Å²) in [6, 6.07) is 0.